The van der Waals surface area contributed by atoms with Crippen LogP contribution in [0.4, 0.5) is 5.69 Å². The van der Waals surface area contributed by atoms with E-state index >= 15 is 0 Å². The van der Waals surface area contributed by atoms with Gasteiger partial charge in [-0.05, 0) is 96.9 Å². The van der Waals surface area contributed by atoms with E-state index in [1.165, 1.54) is 22.3 Å². The lowest BCUT2D eigenvalue weighted by atomic mass is 9.82. The van der Waals surface area contributed by atoms with Crippen molar-refractivity contribution in [1.29, 1.82) is 0 Å². The largest absolute Gasteiger partial charge is 0.496 e. The van der Waals surface area contributed by atoms with Gasteiger partial charge < -0.3 is 14.4 Å². The fourth-order valence-corrected chi connectivity index (χ4v) is 4.54. The number of nitrogens with zero attached hydrogens (tertiary/aromatic N) is 1. The Morgan fingerprint density at radius 2 is 1.50 bits per heavy atom. The van der Waals surface area contributed by atoms with Gasteiger partial charge in [-0.2, -0.15) is 0 Å². The van der Waals surface area contributed by atoms with E-state index < -0.39 is 0 Å². The molecule has 0 aliphatic carbocycles. The van der Waals surface area contributed by atoms with Gasteiger partial charge in [0.2, 0.25) is 0 Å². The standard InChI is InChI=1S/C27H34NO2/c1-8-20-17-28(22-12-14-26(30-7)19(5)16-22)24(10-3)27(23(20)9-2)21-11-13-25(29-6)18(4)15-21/h11-16,24H,8-10H2,1-7H3. The Kier molecular flexibility index (Phi) is 6.91. The van der Waals surface area contributed by atoms with Crippen LogP contribution in [0.3, 0.4) is 0 Å². The second-order valence-corrected chi connectivity index (χ2v) is 7.82. The molecule has 1 aliphatic rings. The lowest BCUT2D eigenvalue weighted by Crippen LogP contribution is -2.36. The summed E-state index contributed by atoms with van der Waals surface area (Å²) in [7, 11) is 3.45. The Bertz CT molecular complexity index is 971. The molecule has 1 unspecified atom stereocenters. The van der Waals surface area contributed by atoms with Crippen molar-refractivity contribution in [3.63, 3.8) is 0 Å². The topological polar surface area (TPSA) is 21.7 Å². The highest BCUT2D eigenvalue weighted by Crippen LogP contribution is 2.41. The van der Waals surface area contributed by atoms with Gasteiger partial charge in [0, 0.05) is 5.69 Å². The van der Waals surface area contributed by atoms with Crippen molar-refractivity contribution in [1.82, 2.24) is 0 Å². The number of benzene rings is 2. The molecule has 0 saturated carbocycles. The minimum Gasteiger partial charge on any atom is -0.496 e. The third kappa shape index (κ3) is 3.98. The molecule has 0 bridgehead atoms. The average Bonchev–Trinajstić information content (AvgIpc) is 2.77. The van der Waals surface area contributed by atoms with E-state index in [1.807, 2.05) is 0 Å². The first-order chi connectivity index (χ1) is 14.5. The molecule has 0 fully saturated rings. The number of rotatable bonds is 7. The van der Waals surface area contributed by atoms with Gasteiger partial charge in [-0.3, -0.25) is 0 Å². The van der Waals surface area contributed by atoms with Gasteiger partial charge in [0.1, 0.15) is 11.5 Å². The van der Waals surface area contributed by atoms with Crippen LogP contribution in [-0.2, 0) is 0 Å². The number of anilines is 1. The quantitative estimate of drug-likeness (QED) is 0.502. The van der Waals surface area contributed by atoms with Crippen LogP contribution in [0, 0.1) is 20.0 Å². The van der Waals surface area contributed by atoms with Gasteiger partial charge in [-0.25, -0.2) is 0 Å². The number of hydrogen-bond donors (Lipinski definition) is 0. The summed E-state index contributed by atoms with van der Waals surface area (Å²) in [6.07, 6.45) is 6.71. The smallest absolute Gasteiger partial charge is 0.121 e. The molecule has 3 heteroatoms. The van der Waals surface area contributed by atoms with Crippen LogP contribution in [-0.4, -0.2) is 20.3 Å². The Morgan fingerprint density at radius 3 is 2.00 bits per heavy atom. The molecule has 0 amide bonds. The molecular formula is C27H34NO2. The highest BCUT2D eigenvalue weighted by molar-refractivity contribution is 5.82. The molecule has 30 heavy (non-hydrogen) atoms. The van der Waals surface area contributed by atoms with Gasteiger partial charge in [0.25, 0.3) is 0 Å². The molecule has 1 atom stereocenters. The van der Waals surface area contributed by atoms with Crippen molar-refractivity contribution in [3.05, 3.63) is 70.4 Å². The number of allylic oxidation sites excluding steroid dienone is 2. The summed E-state index contributed by atoms with van der Waals surface area (Å²) in [5.74, 6) is 1.85. The van der Waals surface area contributed by atoms with Crippen LogP contribution in [0.5, 0.6) is 11.5 Å². The van der Waals surface area contributed by atoms with Crippen LogP contribution in [0.25, 0.3) is 5.57 Å². The maximum absolute atomic E-state index is 5.51. The minimum absolute atomic E-state index is 0.232. The number of hydrogen-bond acceptors (Lipinski definition) is 3. The zero-order chi connectivity index (χ0) is 21.8. The highest BCUT2D eigenvalue weighted by Gasteiger charge is 2.30. The Hall–Kier alpha value is -2.68. The van der Waals surface area contributed by atoms with Crippen molar-refractivity contribution in [3.8, 4) is 11.5 Å². The van der Waals surface area contributed by atoms with Crippen LogP contribution in [0.15, 0.2) is 47.5 Å². The summed E-state index contributed by atoms with van der Waals surface area (Å²) in [6.45, 7) is 10.9. The summed E-state index contributed by atoms with van der Waals surface area (Å²) in [6, 6.07) is 13.2. The second-order valence-electron chi connectivity index (χ2n) is 7.82. The normalized spacial score (nSPS) is 16.6. The first kappa shape index (κ1) is 22.0. The van der Waals surface area contributed by atoms with Gasteiger partial charge in [-0.15, -0.1) is 0 Å². The predicted molar refractivity (Wildman–Crippen MR) is 126 cm³/mol. The van der Waals surface area contributed by atoms with Gasteiger partial charge in [0.15, 0.2) is 0 Å². The Balaban J connectivity index is 2.17. The molecule has 0 saturated heterocycles. The Labute approximate surface area is 182 Å². The van der Waals surface area contributed by atoms with Crippen molar-refractivity contribution >= 4 is 11.3 Å². The summed E-state index contributed by atoms with van der Waals surface area (Å²) in [4.78, 5) is 2.33. The van der Waals surface area contributed by atoms with Crippen molar-refractivity contribution in [2.45, 2.75) is 59.9 Å². The first-order valence-corrected chi connectivity index (χ1v) is 10.9. The molecule has 0 spiro atoms. The molecule has 2 aromatic carbocycles. The maximum atomic E-state index is 5.51. The van der Waals surface area contributed by atoms with E-state index in [2.05, 4.69) is 82.1 Å². The van der Waals surface area contributed by atoms with E-state index in [1.54, 1.807) is 14.2 Å². The molecule has 1 heterocycles. The van der Waals surface area contributed by atoms with Crippen molar-refractivity contribution in [2.75, 3.05) is 19.1 Å². The summed E-state index contributed by atoms with van der Waals surface area (Å²) in [5.41, 5.74) is 8.86. The van der Waals surface area contributed by atoms with E-state index in [9.17, 15) is 0 Å². The second kappa shape index (κ2) is 9.42. The predicted octanol–water partition coefficient (Wildman–Crippen LogP) is 6.88. The molecule has 0 N–H and O–H groups in total. The summed E-state index contributed by atoms with van der Waals surface area (Å²) < 4.78 is 11.0. The van der Waals surface area contributed by atoms with E-state index in [-0.39, 0.29) is 6.04 Å². The van der Waals surface area contributed by atoms with Crippen LogP contribution >= 0.6 is 0 Å². The van der Waals surface area contributed by atoms with Gasteiger partial charge in [0.05, 0.1) is 26.5 Å². The van der Waals surface area contributed by atoms with Crippen LogP contribution < -0.4 is 14.4 Å². The molecule has 159 valence electrons. The van der Waals surface area contributed by atoms with Crippen molar-refractivity contribution < 1.29 is 9.47 Å². The minimum atomic E-state index is 0.232. The fourth-order valence-electron chi connectivity index (χ4n) is 4.54. The molecule has 3 rings (SSSR count). The Morgan fingerprint density at radius 1 is 0.867 bits per heavy atom. The lowest BCUT2D eigenvalue weighted by molar-refractivity contribution is 0.411. The molecule has 0 aromatic heterocycles. The van der Waals surface area contributed by atoms with Crippen LogP contribution in [0.2, 0.25) is 0 Å². The van der Waals surface area contributed by atoms with Crippen molar-refractivity contribution in [2.24, 2.45) is 0 Å². The zero-order valence-electron chi connectivity index (χ0n) is 19.4. The van der Waals surface area contributed by atoms with Gasteiger partial charge >= 0.3 is 0 Å². The maximum Gasteiger partial charge on any atom is 0.121 e. The van der Waals surface area contributed by atoms with E-state index in [0.29, 0.717) is 0 Å². The van der Waals surface area contributed by atoms with Crippen LogP contribution in [0.1, 0.15) is 56.7 Å². The molecule has 1 radical (unpaired) electrons. The third-order valence-electron chi connectivity index (χ3n) is 6.05. The SMILES string of the molecule is CCC1=[C]N(c2ccc(OC)c(C)c2)C(CC)C(c2ccc(OC)c(C)c2)=C1CC. The molecular weight excluding hydrogens is 370 g/mol. The number of methoxy groups -OCH3 is 2. The van der Waals surface area contributed by atoms with E-state index in [0.717, 1.165) is 47.6 Å². The number of ether oxygens (including phenoxy) is 2. The first-order valence-electron chi connectivity index (χ1n) is 10.9. The summed E-state index contributed by atoms with van der Waals surface area (Å²) >= 11 is 0. The molecule has 3 nitrogen and oxygen atoms in total. The molecule has 2 aromatic rings. The zero-order valence-corrected chi connectivity index (χ0v) is 19.4. The third-order valence-corrected chi connectivity index (χ3v) is 6.05. The average molecular weight is 405 g/mol. The summed E-state index contributed by atoms with van der Waals surface area (Å²) in [5, 5.41) is 0. The van der Waals surface area contributed by atoms with Gasteiger partial charge in [-0.1, -0.05) is 26.8 Å². The van der Waals surface area contributed by atoms with E-state index in [4.69, 9.17) is 9.47 Å². The molecule has 1 aliphatic heterocycles. The highest BCUT2D eigenvalue weighted by atomic mass is 16.5. The fraction of sp³-hybridized carbons (Fsp3) is 0.407. The monoisotopic (exact) mass is 404 g/mol. The number of aryl methyl sites for hydroxylation is 2. The lowest BCUT2D eigenvalue weighted by Gasteiger charge is -2.38.